The molecule has 7 heteroatoms. The Hall–Kier alpha value is -3.48. The van der Waals surface area contributed by atoms with Gasteiger partial charge in [-0.2, -0.15) is 0 Å². The number of hydrogen-bond acceptors (Lipinski definition) is 5. The Morgan fingerprint density at radius 2 is 1.67 bits per heavy atom. The molecule has 0 radical (unpaired) electrons. The molecule has 1 aliphatic carbocycles. The van der Waals surface area contributed by atoms with Crippen molar-refractivity contribution in [2.45, 2.75) is 5.92 Å². The van der Waals surface area contributed by atoms with Gasteiger partial charge in [-0.05, 0) is 12.1 Å². The Kier molecular flexibility index (Phi) is 3.07. The molecule has 0 N–H and O–H groups in total. The molecule has 1 aliphatic heterocycles. The molecular weight excluding hydrogens is 346 g/mol. The SMILES string of the molecule is Cn1c2c(c(=O)n(C)c1=O)[C@H](c1ccco1)[C@H]1C(=O)c3ccccc3C1=N2. The summed E-state index contributed by atoms with van der Waals surface area (Å²) in [5.74, 6) is -0.586. The fourth-order valence-electron chi connectivity index (χ4n) is 4.14. The first kappa shape index (κ1) is 15.7. The van der Waals surface area contributed by atoms with E-state index in [1.807, 2.05) is 12.1 Å². The van der Waals surface area contributed by atoms with E-state index < -0.39 is 23.1 Å². The Balaban J connectivity index is 1.93. The van der Waals surface area contributed by atoms with Gasteiger partial charge in [0.2, 0.25) is 0 Å². The number of aliphatic imine (C=N–C) groups is 1. The van der Waals surface area contributed by atoms with Crippen LogP contribution in [-0.2, 0) is 14.1 Å². The maximum Gasteiger partial charge on any atom is 0.332 e. The van der Waals surface area contributed by atoms with Gasteiger partial charge in [-0.15, -0.1) is 0 Å². The molecule has 0 saturated carbocycles. The van der Waals surface area contributed by atoms with Crippen molar-refractivity contribution in [2.75, 3.05) is 0 Å². The predicted molar refractivity (Wildman–Crippen MR) is 97.9 cm³/mol. The lowest BCUT2D eigenvalue weighted by molar-refractivity contribution is 0.0949. The number of carbonyl (C=O) groups is 1. The summed E-state index contributed by atoms with van der Waals surface area (Å²) in [7, 11) is 3.00. The molecule has 134 valence electrons. The van der Waals surface area contributed by atoms with Crippen molar-refractivity contribution < 1.29 is 9.21 Å². The molecule has 3 aromatic rings. The fraction of sp³-hybridized carbons (Fsp3) is 0.200. The highest BCUT2D eigenvalue weighted by molar-refractivity contribution is 6.30. The van der Waals surface area contributed by atoms with Crippen molar-refractivity contribution >= 4 is 17.3 Å². The van der Waals surface area contributed by atoms with Crippen LogP contribution in [0.25, 0.3) is 0 Å². The molecule has 2 atom stereocenters. The predicted octanol–water partition coefficient (Wildman–Crippen LogP) is 1.76. The lowest BCUT2D eigenvalue weighted by atomic mass is 9.79. The third kappa shape index (κ3) is 1.91. The van der Waals surface area contributed by atoms with E-state index in [0.29, 0.717) is 22.6 Å². The van der Waals surface area contributed by atoms with Gasteiger partial charge in [-0.1, -0.05) is 24.3 Å². The summed E-state index contributed by atoms with van der Waals surface area (Å²) in [5, 5.41) is 0. The molecule has 0 amide bonds. The highest BCUT2D eigenvalue weighted by Crippen LogP contribution is 2.46. The molecular formula is C20H15N3O4. The van der Waals surface area contributed by atoms with Crippen molar-refractivity contribution in [1.29, 1.82) is 0 Å². The summed E-state index contributed by atoms with van der Waals surface area (Å²) in [6.45, 7) is 0. The molecule has 0 spiro atoms. The van der Waals surface area contributed by atoms with Gasteiger partial charge in [0.15, 0.2) is 5.78 Å². The summed E-state index contributed by atoms with van der Waals surface area (Å²) in [6, 6.07) is 10.7. The van der Waals surface area contributed by atoms with Crippen LogP contribution in [-0.4, -0.2) is 20.6 Å². The molecule has 0 bridgehead atoms. The van der Waals surface area contributed by atoms with E-state index in [2.05, 4.69) is 4.99 Å². The highest BCUT2D eigenvalue weighted by Gasteiger charge is 2.48. The summed E-state index contributed by atoms with van der Waals surface area (Å²) >= 11 is 0. The summed E-state index contributed by atoms with van der Waals surface area (Å²) in [6.07, 6.45) is 1.51. The third-order valence-electron chi connectivity index (χ3n) is 5.43. The Bertz CT molecular complexity index is 1260. The topological polar surface area (TPSA) is 86.6 Å². The number of benzene rings is 1. The van der Waals surface area contributed by atoms with Gasteiger partial charge in [0.05, 0.1) is 29.4 Å². The van der Waals surface area contributed by atoms with Crippen molar-refractivity contribution in [1.82, 2.24) is 9.13 Å². The van der Waals surface area contributed by atoms with Gasteiger partial charge < -0.3 is 4.42 Å². The second-order valence-corrected chi connectivity index (χ2v) is 6.82. The van der Waals surface area contributed by atoms with E-state index in [9.17, 15) is 14.4 Å². The minimum absolute atomic E-state index is 0.0905. The maximum absolute atomic E-state index is 13.2. The van der Waals surface area contributed by atoms with E-state index in [-0.39, 0.29) is 11.6 Å². The number of carbonyl (C=O) groups excluding carboxylic acids is 1. The number of ketones is 1. The van der Waals surface area contributed by atoms with Crippen LogP contribution < -0.4 is 11.2 Å². The van der Waals surface area contributed by atoms with E-state index in [4.69, 9.17) is 4.42 Å². The van der Waals surface area contributed by atoms with Gasteiger partial charge in [-0.25, -0.2) is 9.79 Å². The molecule has 2 aliphatic rings. The molecule has 2 aromatic heterocycles. The summed E-state index contributed by atoms with van der Waals surface area (Å²) in [5.41, 5.74) is 1.28. The molecule has 27 heavy (non-hydrogen) atoms. The lowest BCUT2D eigenvalue weighted by Crippen LogP contribution is -2.43. The van der Waals surface area contributed by atoms with E-state index in [0.717, 1.165) is 10.1 Å². The number of fused-ring (bicyclic) bond motifs is 4. The zero-order chi connectivity index (χ0) is 18.9. The van der Waals surface area contributed by atoms with Gasteiger partial charge in [0.25, 0.3) is 5.56 Å². The summed E-state index contributed by atoms with van der Waals surface area (Å²) in [4.78, 5) is 43.2. The van der Waals surface area contributed by atoms with Crippen LogP contribution in [0.4, 0.5) is 5.82 Å². The first-order valence-electron chi connectivity index (χ1n) is 8.56. The molecule has 0 saturated heterocycles. The van der Waals surface area contributed by atoms with Gasteiger partial charge >= 0.3 is 5.69 Å². The number of aromatic nitrogens is 2. The van der Waals surface area contributed by atoms with Crippen LogP contribution in [0.1, 0.15) is 33.2 Å². The van der Waals surface area contributed by atoms with E-state index in [1.54, 1.807) is 31.3 Å². The van der Waals surface area contributed by atoms with Gasteiger partial charge in [-0.3, -0.25) is 18.7 Å². The fourth-order valence-corrected chi connectivity index (χ4v) is 4.14. The normalized spacial score (nSPS) is 20.1. The first-order chi connectivity index (χ1) is 13.0. The molecule has 7 nitrogen and oxygen atoms in total. The molecule has 0 fully saturated rings. The van der Waals surface area contributed by atoms with Crippen LogP contribution in [0.5, 0.6) is 0 Å². The van der Waals surface area contributed by atoms with Crippen molar-refractivity contribution in [3.63, 3.8) is 0 Å². The van der Waals surface area contributed by atoms with Crippen molar-refractivity contribution in [3.05, 3.63) is 86.0 Å². The van der Waals surface area contributed by atoms with E-state index >= 15 is 0 Å². The van der Waals surface area contributed by atoms with Gasteiger partial charge in [0, 0.05) is 25.2 Å². The number of rotatable bonds is 1. The van der Waals surface area contributed by atoms with E-state index in [1.165, 1.54) is 17.9 Å². The van der Waals surface area contributed by atoms with Crippen molar-refractivity contribution in [2.24, 2.45) is 25.0 Å². The lowest BCUT2D eigenvalue weighted by Gasteiger charge is -2.28. The molecule has 3 heterocycles. The Morgan fingerprint density at radius 1 is 0.926 bits per heavy atom. The second kappa shape index (κ2) is 5.26. The number of hydrogen-bond donors (Lipinski definition) is 0. The monoisotopic (exact) mass is 361 g/mol. The molecule has 1 aromatic carbocycles. The number of nitrogens with zero attached hydrogens (tertiary/aromatic N) is 3. The molecule has 0 unspecified atom stereocenters. The maximum atomic E-state index is 13.2. The Morgan fingerprint density at radius 3 is 2.37 bits per heavy atom. The van der Waals surface area contributed by atoms with Gasteiger partial charge in [0.1, 0.15) is 11.6 Å². The van der Waals surface area contributed by atoms with Crippen LogP contribution in [0.2, 0.25) is 0 Å². The van der Waals surface area contributed by atoms with Crippen LogP contribution >= 0.6 is 0 Å². The smallest absolute Gasteiger partial charge is 0.332 e. The van der Waals surface area contributed by atoms with Crippen LogP contribution in [0, 0.1) is 5.92 Å². The average Bonchev–Trinajstić information content (AvgIpc) is 3.31. The zero-order valence-corrected chi connectivity index (χ0v) is 14.7. The second-order valence-electron chi connectivity index (χ2n) is 6.82. The zero-order valence-electron chi connectivity index (χ0n) is 14.7. The standard InChI is InChI=1S/C20H15N3O4/c1-22-18-15(19(25)23(2)20(22)26)13(12-8-5-9-27-12)14-16(21-18)10-6-3-4-7-11(10)17(14)24/h3-9,13-14H,1-2H3/t13-,14-/m1/s1. The Labute approximate surface area is 153 Å². The molecule has 5 rings (SSSR count). The first-order valence-corrected chi connectivity index (χ1v) is 8.56. The van der Waals surface area contributed by atoms with Crippen LogP contribution in [0.15, 0.2) is 61.7 Å². The minimum Gasteiger partial charge on any atom is -0.469 e. The quantitative estimate of drug-likeness (QED) is 0.661. The number of furan rings is 1. The minimum atomic E-state index is -0.647. The largest absolute Gasteiger partial charge is 0.469 e. The van der Waals surface area contributed by atoms with Crippen LogP contribution in [0.3, 0.4) is 0 Å². The highest BCUT2D eigenvalue weighted by atomic mass is 16.3. The average molecular weight is 361 g/mol. The third-order valence-corrected chi connectivity index (χ3v) is 5.43. The van der Waals surface area contributed by atoms with Crippen molar-refractivity contribution in [3.8, 4) is 0 Å². The number of Topliss-reactive ketones (excluding diaryl/α,β-unsaturated/α-hetero) is 1. The summed E-state index contributed by atoms with van der Waals surface area (Å²) < 4.78 is 8.00.